The fourth-order valence-corrected chi connectivity index (χ4v) is 2.71. The van der Waals surface area contributed by atoms with Crippen LogP contribution in [0.1, 0.15) is 5.56 Å². The lowest BCUT2D eigenvalue weighted by molar-refractivity contribution is -0.115. The van der Waals surface area contributed by atoms with Crippen molar-refractivity contribution >= 4 is 58.4 Å². The summed E-state index contributed by atoms with van der Waals surface area (Å²) < 4.78 is 0. The quantitative estimate of drug-likeness (QED) is 0.764. The van der Waals surface area contributed by atoms with Crippen LogP contribution in [-0.2, 0) is 4.79 Å². The molecule has 0 saturated heterocycles. The van der Waals surface area contributed by atoms with E-state index in [0.717, 1.165) is 0 Å². The lowest BCUT2D eigenvalue weighted by atomic mass is 10.2. The summed E-state index contributed by atoms with van der Waals surface area (Å²) in [5, 5.41) is 7.10. The molecule has 2 aromatic carbocycles. The highest BCUT2D eigenvalue weighted by atomic mass is 35.5. The molecule has 2 N–H and O–H groups in total. The number of amides is 1. The van der Waals surface area contributed by atoms with Crippen LogP contribution in [-0.4, -0.2) is 11.9 Å². The third-order valence-electron chi connectivity index (χ3n) is 3.06. The SMILES string of the molecule is O=C1NC(Nc2cccc(Cl)c2)=N/C1=C/c1c(Cl)cccc1Cl. The van der Waals surface area contributed by atoms with Gasteiger partial charge in [0, 0.05) is 26.3 Å². The summed E-state index contributed by atoms with van der Waals surface area (Å²) in [6.07, 6.45) is 1.55. The van der Waals surface area contributed by atoms with Gasteiger partial charge in [0.25, 0.3) is 5.91 Å². The zero-order valence-corrected chi connectivity index (χ0v) is 13.9. The summed E-state index contributed by atoms with van der Waals surface area (Å²) in [6, 6.07) is 12.2. The number of anilines is 1. The van der Waals surface area contributed by atoms with E-state index in [2.05, 4.69) is 15.6 Å². The summed E-state index contributed by atoms with van der Waals surface area (Å²) >= 11 is 18.1. The van der Waals surface area contributed by atoms with Gasteiger partial charge in [0.05, 0.1) is 0 Å². The van der Waals surface area contributed by atoms with Gasteiger partial charge in [-0.1, -0.05) is 46.9 Å². The molecule has 0 radical (unpaired) electrons. The Balaban J connectivity index is 1.88. The molecule has 1 amide bonds. The Bertz CT molecular complexity index is 826. The van der Waals surface area contributed by atoms with Crippen LogP contribution >= 0.6 is 34.8 Å². The molecule has 23 heavy (non-hydrogen) atoms. The van der Waals surface area contributed by atoms with E-state index < -0.39 is 0 Å². The molecule has 0 fully saturated rings. The van der Waals surface area contributed by atoms with E-state index in [4.69, 9.17) is 34.8 Å². The van der Waals surface area contributed by atoms with E-state index in [-0.39, 0.29) is 11.6 Å². The third-order valence-corrected chi connectivity index (χ3v) is 3.96. The molecule has 1 aliphatic heterocycles. The molecule has 7 heteroatoms. The summed E-state index contributed by atoms with van der Waals surface area (Å²) in [7, 11) is 0. The first-order chi connectivity index (χ1) is 11.0. The van der Waals surface area contributed by atoms with Gasteiger partial charge in [0.2, 0.25) is 5.96 Å². The number of hydrogen-bond donors (Lipinski definition) is 2. The predicted octanol–water partition coefficient (Wildman–Crippen LogP) is 4.59. The van der Waals surface area contributed by atoms with Crippen molar-refractivity contribution in [3.8, 4) is 0 Å². The lowest BCUT2D eigenvalue weighted by Gasteiger charge is -2.04. The van der Waals surface area contributed by atoms with Crippen molar-refractivity contribution in [2.24, 2.45) is 4.99 Å². The molecule has 0 unspecified atom stereocenters. The summed E-state index contributed by atoms with van der Waals surface area (Å²) in [4.78, 5) is 16.2. The molecule has 1 aliphatic rings. The predicted molar refractivity (Wildman–Crippen MR) is 95.1 cm³/mol. The minimum Gasteiger partial charge on any atom is -0.326 e. The molecule has 1 heterocycles. The van der Waals surface area contributed by atoms with E-state index in [1.807, 2.05) is 6.07 Å². The minimum atomic E-state index is -0.342. The molecule has 0 aliphatic carbocycles. The second-order valence-corrected chi connectivity index (χ2v) is 5.97. The number of benzene rings is 2. The molecule has 0 aromatic heterocycles. The Morgan fingerprint density at radius 2 is 1.74 bits per heavy atom. The van der Waals surface area contributed by atoms with Gasteiger partial charge in [0.15, 0.2) is 0 Å². The van der Waals surface area contributed by atoms with E-state index in [1.54, 1.807) is 42.5 Å². The first-order valence-electron chi connectivity index (χ1n) is 6.61. The van der Waals surface area contributed by atoms with Gasteiger partial charge in [-0.3, -0.25) is 10.1 Å². The third kappa shape index (κ3) is 3.67. The second kappa shape index (κ2) is 6.62. The summed E-state index contributed by atoms with van der Waals surface area (Å²) in [5.74, 6) is -0.0304. The van der Waals surface area contributed by atoms with Crippen molar-refractivity contribution in [3.63, 3.8) is 0 Å². The molecule has 0 saturated carbocycles. The average molecular weight is 367 g/mol. The van der Waals surface area contributed by atoms with Crippen molar-refractivity contribution in [1.82, 2.24) is 5.32 Å². The van der Waals surface area contributed by atoms with Gasteiger partial charge in [-0.2, -0.15) is 0 Å². The maximum atomic E-state index is 12.0. The van der Waals surface area contributed by atoms with Crippen LogP contribution in [0.15, 0.2) is 53.2 Å². The number of carbonyl (C=O) groups excluding carboxylic acids is 1. The van der Waals surface area contributed by atoms with Crippen LogP contribution in [0.2, 0.25) is 15.1 Å². The first-order valence-corrected chi connectivity index (χ1v) is 7.74. The highest BCUT2D eigenvalue weighted by Gasteiger charge is 2.21. The van der Waals surface area contributed by atoms with Crippen LogP contribution in [0.3, 0.4) is 0 Å². The number of halogens is 3. The van der Waals surface area contributed by atoms with Crippen LogP contribution < -0.4 is 10.6 Å². The fraction of sp³-hybridized carbons (Fsp3) is 0. The van der Waals surface area contributed by atoms with Gasteiger partial charge >= 0.3 is 0 Å². The molecule has 3 rings (SSSR count). The van der Waals surface area contributed by atoms with Gasteiger partial charge in [0.1, 0.15) is 5.70 Å². The smallest absolute Gasteiger partial charge is 0.276 e. The number of guanidine groups is 1. The first kappa shape index (κ1) is 15.9. The number of rotatable bonds is 2. The van der Waals surface area contributed by atoms with E-state index >= 15 is 0 Å². The molecular formula is C16H10Cl3N3O. The van der Waals surface area contributed by atoms with Crippen molar-refractivity contribution in [2.45, 2.75) is 0 Å². The largest absolute Gasteiger partial charge is 0.326 e. The van der Waals surface area contributed by atoms with Crippen LogP contribution in [0.25, 0.3) is 6.08 Å². The molecule has 0 atom stereocenters. The summed E-state index contributed by atoms with van der Waals surface area (Å²) in [6.45, 7) is 0. The average Bonchev–Trinajstić information content (AvgIpc) is 2.83. The highest BCUT2D eigenvalue weighted by Crippen LogP contribution is 2.27. The Morgan fingerprint density at radius 3 is 2.43 bits per heavy atom. The van der Waals surface area contributed by atoms with E-state index in [9.17, 15) is 4.79 Å². The topological polar surface area (TPSA) is 53.5 Å². The van der Waals surface area contributed by atoms with E-state index in [0.29, 0.717) is 32.3 Å². The van der Waals surface area contributed by atoms with Crippen molar-refractivity contribution in [1.29, 1.82) is 0 Å². The Kier molecular flexibility index (Phi) is 4.57. The zero-order chi connectivity index (χ0) is 16.4. The normalized spacial score (nSPS) is 15.5. The zero-order valence-electron chi connectivity index (χ0n) is 11.6. The number of carbonyl (C=O) groups is 1. The van der Waals surface area contributed by atoms with E-state index in [1.165, 1.54) is 0 Å². The molecule has 2 aromatic rings. The lowest BCUT2D eigenvalue weighted by Crippen LogP contribution is -2.29. The fourth-order valence-electron chi connectivity index (χ4n) is 2.02. The number of nitrogens with zero attached hydrogens (tertiary/aromatic N) is 1. The maximum Gasteiger partial charge on any atom is 0.276 e. The van der Waals surface area contributed by atoms with Crippen LogP contribution in [0.5, 0.6) is 0 Å². The minimum absolute atomic E-state index is 0.213. The van der Waals surface area contributed by atoms with Crippen LogP contribution in [0, 0.1) is 0 Å². The van der Waals surface area contributed by atoms with Crippen molar-refractivity contribution < 1.29 is 4.79 Å². The van der Waals surface area contributed by atoms with Gasteiger partial charge in [-0.05, 0) is 36.4 Å². The van der Waals surface area contributed by atoms with Gasteiger partial charge < -0.3 is 5.32 Å². The standard InChI is InChI=1S/C16H10Cl3N3O/c17-9-3-1-4-10(7-9)20-16-21-14(15(23)22-16)8-11-12(18)5-2-6-13(11)19/h1-8H,(H2,20,21,22,23)/b14-8+. The number of aliphatic imine (C=N–C) groups is 1. The molecular weight excluding hydrogens is 357 g/mol. The van der Waals surface area contributed by atoms with Gasteiger partial charge in [-0.15, -0.1) is 0 Å². The number of nitrogens with one attached hydrogen (secondary N) is 2. The van der Waals surface area contributed by atoms with Crippen molar-refractivity contribution in [2.75, 3.05) is 5.32 Å². The highest BCUT2D eigenvalue weighted by molar-refractivity contribution is 6.37. The Labute approximate surface area is 147 Å². The van der Waals surface area contributed by atoms with Gasteiger partial charge in [-0.25, -0.2) is 4.99 Å². The second-order valence-electron chi connectivity index (χ2n) is 4.71. The molecule has 0 spiro atoms. The summed E-state index contributed by atoms with van der Waals surface area (Å²) in [5.41, 5.74) is 1.48. The monoisotopic (exact) mass is 365 g/mol. The number of hydrogen-bond acceptors (Lipinski definition) is 3. The van der Waals surface area contributed by atoms with Crippen LogP contribution in [0.4, 0.5) is 5.69 Å². The molecule has 4 nitrogen and oxygen atoms in total. The Hall–Kier alpha value is -2.01. The van der Waals surface area contributed by atoms with Crippen molar-refractivity contribution in [3.05, 3.63) is 68.8 Å². The Morgan fingerprint density at radius 1 is 1.04 bits per heavy atom. The molecule has 0 bridgehead atoms. The molecule has 116 valence electrons. The maximum absolute atomic E-state index is 12.0.